The Kier molecular flexibility index (Phi) is 4.72. The number of esters is 1. The molecule has 0 amide bonds. The molecule has 3 heterocycles. The molecule has 1 unspecified atom stereocenters. The first kappa shape index (κ1) is 21.3. The fourth-order valence-corrected chi connectivity index (χ4v) is 7.23. The van der Waals surface area contributed by atoms with Crippen molar-refractivity contribution in [2.45, 2.75) is 50.5 Å². The van der Waals surface area contributed by atoms with Crippen LogP contribution in [0.1, 0.15) is 66.3 Å². The Morgan fingerprint density at radius 3 is 2.66 bits per heavy atom. The molecule has 5 nitrogen and oxygen atoms in total. The summed E-state index contributed by atoms with van der Waals surface area (Å²) in [5.74, 6) is 0.534. The molecule has 4 aliphatic rings. The molecule has 6 heteroatoms. The zero-order chi connectivity index (χ0) is 23.7. The molecule has 3 aromatic rings. The largest absolute Gasteiger partial charge is 0.469 e. The average Bonchev–Trinajstić information content (AvgIpc) is 3.55. The highest BCUT2D eigenvalue weighted by atomic mass is 19.1. The van der Waals surface area contributed by atoms with Crippen LogP contribution in [0, 0.1) is 17.2 Å². The lowest BCUT2D eigenvalue weighted by atomic mass is 9.47. The van der Waals surface area contributed by atoms with Crippen LogP contribution in [0.3, 0.4) is 0 Å². The van der Waals surface area contributed by atoms with E-state index >= 15 is 0 Å². The van der Waals surface area contributed by atoms with Gasteiger partial charge in [0.25, 0.3) is 0 Å². The summed E-state index contributed by atoms with van der Waals surface area (Å²) < 4.78 is 27.1. The molecule has 7 rings (SSSR count). The third-order valence-electron chi connectivity index (χ3n) is 8.86. The maximum Gasteiger partial charge on any atom is 0.308 e. The van der Waals surface area contributed by atoms with Gasteiger partial charge in [-0.05, 0) is 96.5 Å². The third kappa shape index (κ3) is 3.22. The van der Waals surface area contributed by atoms with Crippen LogP contribution in [0.25, 0.3) is 16.6 Å². The van der Waals surface area contributed by atoms with Gasteiger partial charge in [-0.2, -0.15) is 0 Å². The molecule has 1 saturated heterocycles. The van der Waals surface area contributed by atoms with Crippen LogP contribution in [-0.4, -0.2) is 37.1 Å². The van der Waals surface area contributed by atoms with Crippen molar-refractivity contribution in [2.24, 2.45) is 16.3 Å². The Balaban J connectivity index is 1.37. The fraction of sp³-hybridized carbons (Fsp3) is 0.448. The molecule has 1 spiro atoms. The van der Waals surface area contributed by atoms with E-state index in [-0.39, 0.29) is 23.1 Å². The predicted octanol–water partition coefficient (Wildman–Crippen LogP) is 5.65. The van der Waals surface area contributed by atoms with Gasteiger partial charge in [0.1, 0.15) is 5.82 Å². The van der Waals surface area contributed by atoms with Crippen molar-refractivity contribution in [3.63, 3.8) is 0 Å². The van der Waals surface area contributed by atoms with Gasteiger partial charge in [0.2, 0.25) is 0 Å². The topological polar surface area (TPSA) is 52.8 Å². The summed E-state index contributed by atoms with van der Waals surface area (Å²) >= 11 is 0. The van der Waals surface area contributed by atoms with E-state index in [1.165, 1.54) is 40.4 Å². The van der Waals surface area contributed by atoms with Gasteiger partial charge < -0.3 is 14.0 Å². The predicted molar refractivity (Wildman–Crippen MR) is 132 cm³/mol. The van der Waals surface area contributed by atoms with Crippen molar-refractivity contribution in [1.82, 2.24) is 4.57 Å². The van der Waals surface area contributed by atoms with E-state index in [1.807, 2.05) is 18.3 Å². The van der Waals surface area contributed by atoms with Crippen molar-refractivity contribution >= 4 is 23.1 Å². The first-order chi connectivity index (χ1) is 17.0. The minimum atomic E-state index is -0.227. The first-order valence-electron chi connectivity index (χ1n) is 12.7. The summed E-state index contributed by atoms with van der Waals surface area (Å²) in [6.45, 7) is 2.21. The number of hydrogen-bond acceptors (Lipinski definition) is 4. The Hall–Kier alpha value is -2.99. The number of fused-ring (bicyclic) bond motifs is 2. The second kappa shape index (κ2) is 7.76. The number of ether oxygens (including phenoxy) is 2. The summed E-state index contributed by atoms with van der Waals surface area (Å²) in [6.07, 6.45) is 7.06. The summed E-state index contributed by atoms with van der Waals surface area (Å²) in [7, 11) is 1.49. The third-order valence-corrected chi connectivity index (χ3v) is 8.86. The van der Waals surface area contributed by atoms with E-state index in [2.05, 4.69) is 21.7 Å². The molecular weight excluding hydrogens is 443 g/mol. The Bertz CT molecular complexity index is 1350. The van der Waals surface area contributed by atoms with Crippen molar-refractivity contribution < 1.29 is 18.7 Å². The molecule has 2 aliphatic carbocycles. The maximum absolute atomic E-state index is 13.9. The molecule has 3 fully saturated rings. The zero-order valence-corrected chi connectivity index (χ0v) is 19.9. The molecule has 0 N–H and O–H groups in total. The molecule has 0 bridgehead atoms. The number of carbonyl (C=O) groups excluding carboxylic acids is 1. The molecule has 180 valence electrons. The number of hydrogen-bond donors (Lipinski definition) is 0. The lowest BCUT2D eigenvalue weighted by Gasteiger charge is -2.57. The second-order valence-corrected chi connectivity index (χ2v) is 10.9. The van der Waals surface area contributed by atoms with Gasteiger partial charge in [-0.15, -0.1) is 0 Å². The standard InChI is InChI=1S/C29H29FN2O3/c1-34-28(33)21-12-29(13-21)10-20(11-29)26-24-8-18-14-31-15-19(18)9-25(24)32(23-4-2-22(30)3-5-23)27(26)17-6-7-35-16-17/h2-5,8-9,15,17,20-21H,6-7,10-14,16H2,1H3. The van der Waals surface area contributed by atoms with E-state index in [9.17, 15) is 9.18 Å². The average molecular weight is 473 g/mol. The Labute approximate surface area is 203 Å². The number of halogens is 1. The van der Waals surface area contributed by atoms with Crippen molar-refractivity contribution in [1.29, 1.82) is 0 Å². The number of carbonyl (C=O) groups is 1. The van der Waals surface area contributed by atoms with E-state index in [0.717, 1.165) is 50.9 Å². The maximum atomic E-state index is 13.9. The molecule has 1 atom stereocenters. The summed E-state index contributed by atoms with van der Waals surface area (Å²) in [4.78, 5) is 16.5. The van der Waals surface area contributed by atoms with Crippen molar-refractivity contribution in [3.05, 3.63) is 64.6 Å². The van der Waals surface area contributed by atoms with E-state index in [1.54, 1.807) is 12.1 Å². The highest BCUT2D eigenvalue weighted by Crippen LogP contribution is 2.65. The van der Waals surface area contributed by atoms with E-state index in [0.29, 0.717) is 18.4 Å². The molecule has 2 saturated carbocycles. The van der Waals surface area contributed by atoms with E-state index in [4.69, 9.17) is 9.47 Å². The molecule has 1 aromatic heterocycles. The van der Waals surface area contributed by atoms with Gasteiger partial charge in [0.15, 0.2) is 0 Å². The molecule has 0 radical (unpaired) electrons. The monoisotopic (exact) mass is 472 g/mol. The van der Waals surface area contributed by atoms with Crippen LogP contribution in [0.4, 0.5) is 4.39 Å². The fourth-order valence-electron chi connectivity index (χ4n) is 7.23. The number of benzene rings is 2. The normalized spacial score (nSPS) is 28.8. The highest BCUT2D eigenvalue weighted by Gasteiger charge is 2.56. The summed E-state index contributed by atoms with van der Waals surface area (Å²) in [5, 5.41) is 1.30. The van der Waals surface area contributed by atoms with Gasteiger partial charge in [0.05, 0.1) is 31.7 Å². The molecule has 2 aliphatic heterocycles. The van der Waals surface area contributed by atoms with Crippen LogP contribution in [-0.2, 0) is 20.8 Å². The second-order valence-electron chi connectivity index (χ2n) is 10.9. The quantitative estimate of drug-likeness (QED) is 0.461. The summed E-state index contributed by atoms with van der Waals surface area (Å²) in [5.41, 5.74) is 7.63. The zero-order valence-electron chi connectivity index (χ0n) is 19.9. The van der Waals surface area contributed by atoms with Gasteiger partial charge >= 0.3 is 5.97 Å². The minimum absolute atomic E-state index is 0.0598. The molecule has 35 heavy (non-hydrogen) atoms. The Morgan fingerprint density at radius 1 is 1.14 bits per heavy atom. The van der Waals surface area contributed by atoms with Gasteiger partial charge in [-0.25, -0.2) is 4.39 Å². The van der Waals surface area contributed by atoms with Crippen LogP contribution >= 0.6 is 0 Å². The molecule has 2 aromatic carbocycles. The Morgan fingerprint density at radius 2 is 1.94 bits per heavy atom. The van der Waals surface area contributed by atoms with Crippen LogP contribution in [0.2, 0.25) is 0 Å². The lowest BCUT2D eigenvalue weighted by Crippen LogP contribution is -2.49. The van der Waals surface area contributed by atoms with Crippen LogP contribution in [0.5, 0.6) is 0 Å². The van der Waals surface area contributed by atoms with E-state index < -0.39 is 0 Å². The van der Waals surface area contributed by atoms with Crippen LogP contribution < -0.4 is 0 Å². The van der Waals surface area contributed by atoms with Crippen molar-refractivity contribution in [3.8, 4) is 5.69 Å². The summed E-state index contributed by atoms with van der Waals surface area (Å²) in [6, 6.07) is 11.5. The first-order valence-corrected chi connectivity index (χ1v) is 12.7. The number of methoxy groups -OCH3 is 1. The van der Waals surface area contributed by atoms with Gasteiger partial charge in [-0.1, -0.05) is 0 Å². The van der Waals surface area contributed by atoms with Crippen LogP contribution in [0.15, 0.2) is 41.4 Å². The smallest absolute Gasteiger partial charge is 0.308 e. The van der Waals surface area contributed by atoms with Crippen molar-refractivity contribution in [2.75, 3.05) is 20.3 Å². The molecular formula is C29H29FN2O3. The SMILES string of the molecule is COC(=O)C1CC2(C1)CC(c1c(C3CCOC3)n(-c3ccc(F)cc3)c3cc4c(cc13)CN=C4)C2. The number of rotatable bonds is 4. The number of aliphatic imine (C=N–C) groups is 1. The highest BCUT2D eigenvalue weighted by molar-refractivity contribution is 5.96. The minimum Gasteiger partial charge on any atom is -0.469 e. The van der Waals surface area contributed by atoms with Gasteiger partial charge in [-0.3, -0.25) is 9.79 Å². The number of aromatic nitrogens is 1. The number of nitrogens with zero attached hydrogens (tertiary/aromatic N) is 2. The lowest BCUT2D eigenvalue weighted by molar-refractivity contribution is -0.159. The van der Waals surface area contributed by atoms with Gasteiger partial charge in [0, 0.05) is 35.5 Å².